The zero-order valence-corrected chi connectivity index (χ0v) is 11.2. The number of ketones is 1. The topological polar surface area (TPSA) is 40.9 Å². The number of nitrogens with zero attached hydrogens (tertiary/aromatic N) is 1. The molecule has 0 aliphatic rings. The highest BCUT2D eigenvalue weighted by Crippen LogP contribution is 2.30. The van der Waals surface area contributed by atoms with Gasteiger partial charge in [-0.15, -0.1) is 0 Å². The van der Waals surface area contributed by atoms with E-state index >= 15 is 0 Å². The summed E-state index contributed by atoms with van der Waals surface area (Å²) in [6, 6.07) is 7.99. The molecule has 0 saturated carbocycles. The van der Waals surface area contributed by atoms with Gasteiger partial charge in [-0.3, -0.25) is 4.79 Å². The predicted molar refractivity (Wildman–Crippen MR) is 70.5 cm³/mol. The van der Waals surface area contributed by atoms with Crippen molar-refractivity contribution in [3.05, 3.63) is 70.0 Å². The Morgan fingerprint density at radius 2 is 1.57 bits per heavy atom. The van der Waals surface area contributed by atoms with Crippen molar-refractivity contribution in [1.82, 2.24) is 0 Å². The molecule has 0 aromatic heterocycles. The fourth-order valence-corrected chi connectivity index (χ4v) is 2.19. The highest BCUT2D eigenvalue weighted by Gasteiger charge is 2.30. The molecule has 0 radical (unpaired) electrons. The van der Waals surface area contributed by atoms with Crippen LogP contribution in [0.25, 0.3) is 0 Å². The van der Waals surface area contributed by atoms with Gasteiger partial charge in [-0.1, -0.05) is 23.7 Å². The Balaban J connectivity index is 2.58. The molecule has 21 heavy (non-hydrogen) atoms. The van der Waals surface area contributed by atoms with E-state index in [0.29, 0.717) is 0 Å². The van der Waals surface area contributed by atoms with Gasteiger partial charge in [-0.05, 0) is 24.3 Å². The lowest BCUT2D eigenvalue weighted by atomic mass is 9.91. The van der Waals surface area contributed by atoms with Crippen LogP contribution in [0.1, 0.15) is 21.8 Å². The van der Waals surface area contributed by atoms with Crippen LogP contribution in [0.2, 0.25) is 5.02 Å². The number of rotatable bonds is 3. The first-order valence-electron chi connectivity index (χ1n) is 5.79. The zero-order chi connectivity index (χ0) is 15.6. The molecule has 0 aliphatic heterocycles. The first-order chi connectivity index (χ1) is 9.97. The van der Waals surface area contributed by atoms with Crippen LogP contribution in [0.15, 0.2) is 36.4 Å². The second-order valence-electron chi connectivity index (χ2n) is 4.16. The van der Waals surface area contributed by atoms with Crippen molar-refractivity contribution >= 4 is 17.4 Å². The van der Waals surface area contributed by atoms with E-state index < -0.39 is 40.3 Å². The van der Waals surface area contributed by atoms with Crippen LogP contribution >= 0.6 is 11.6 Å². The summed E-state index contributed by atoms with van der Waals surface area (Å²) in [5.74, 6) is -6.04. The minimum Gasteiger partial charge on any atom is -0.292 e. The van der Waals surface area contributed by atoms with Gasteiger partial charge < -0.3 is 0 Å². The number of benzene rings is 2. The number of carbonyl (C=O) groups is 1. The van der Waals surface area contributed by atoms with E-state index in [1.165, 1.54) is 12.1 Å². The van der Waals surface area contributed by atoms with E-state index in [-0.39, 0.29) is 5.02 Å². The van der Waals surface area contributed by atoms with E-state index in [9.17, 15) is 18.0 Å². The largest absolute Gasteiger partial charge is 0.292 e. The van der Waals surface area contributed by atoms with Crippen LogP contribution in [0.5, 0.6) is 0 Å². The molecule has 0 spiro atoms. The van der Waals surface area contributed by atoms with Crippen LogP contribution in [0, 0.1) is 28.8 Å². The van der Waals surface area contributed by atoms with Gasteiger partial charge in [0.25, 0.3) is 0 Å². The number of hydrogen-bond donors (Lipinski definition) is 0. The maximum absolute atomic E-state index is 13.8. The van der Waals surface area contributed by atoms with Gasteiger partial charge >= 0.3 is 0 Å². The average Bonchev–Trinajstić information content (AvgIpc) is 2.42. The molecule has 0 fully saturated rings. The first kappa shape index (κ1) is 15.1. The molecule has 0 saturated heterocycles. The van der Waals surface area contributed by atoms with Gasteiger partial charge in [0, 0.05) is 10.6 Å². The van der Waals surface area contributed by atoms with E-state index in [2.05, 4.69) is 0 Å². The monoisotopic (exact) mass is 309 g/mol. The first-order valence-corrected chi connectivity index (χ1v) is 6.17. The van der Waals surface area contributed by atoms with E-state index in [1.54, 1.807) is 6.07 Å². The zero-order valence-electron chi connectivity index (χ0n) is 10.4. The summed E-state index contributed by atoms with van der Waals surface area (Å²) in [6.45, 7) is 0. The number of Topliss-reactive ketones (excluding diaryl/α,β-unsaturated/α-hetero) is 1. The summed E-state index contributed by atoms with van der Waals surface area (Å²) in [6.07, 6.45) is 0. The lowest BCUT2D eigenvalue weighted by Gasteiger charge is -2.12. The number of carbonyl (C=O) groups excluding carboxylic acids is 1. The summed E-state index contributed by atoms with van der Waals surface area (Å²) in [4.78, 5) is 12.2. The smallest absolute Gasteiger partial charge is 0.190 e. The average molecular weight is 310 g/mol. The maximum Gasteiger partial charge on any atom is 0.190 e. The molecule has 2 aromatic carbocycles. The van der Waals surface area contributed by atoms with Crippen molar-refractivity contribution in [1.29, 1.82) is 5.26 Å². The van der Waals surface area contributed by atoms with Crippen molar-refractivity contribution < 1.29 is 18.0 Å². The van der Waals surface area contributed by atoms with Gasteiger partial charge in [0.05, 0.1) is 11.6 Å². The molecule has 1 unspecified atom stereocenters. The lowest BCUT2D eigenvalue weighted by molar-refractivity contribution is 0.0969. The summed E-state index contributed by atoms with van der Waals surface area (Å²) in [7, 11) is 0. The van der Waals surface area contributed by atoms with Crippen molar-refractivity contribution in [2.45, 2.75) is 5.92 Å². The van der Waals surface area contributed by atoms with Gasteiger partial charge in [-0.2, -0.15) is 5.26 Å². The molecule has 2 nitrogen and oxygen atoms in total. The van der Waals surface area contributed by atoms with Crippen LogP contribution < -0.4 is 0 Å². The summed E-state index contributed by atoms with van der Waals surface area (Å²) >= 11 is 5.78. The van der Waals surface area contributed by atoms with Crippen LogP contribution in [0.3, 0.4) is 0 Å². The maximum atomic E-state index is 13.8. The summed E-state index contributed by atoms with van der Waals surface area (Å²) in [5, 5.41) is 8.94. The molecule has 106 valence electrons. The minimum absolute atomic E-state index is 0.161. The molecule has 0 N–H and O–H groups in total. The highest BCUT2D eigenvalue weighted by molar-refractivity contribution is 6.31. The van der Waals surface area contributed by atoms with Gasteiger partial charge in [0.1, 0.15) is 23.4 Å². The Labute approximate surface area is 123 Å². The van der Waals surface area contributed by atoms with Crippen molar-refractivity contribution in [3.8, 4) is 6.07 Å². The van der Waals surface area contributed by atoms with Crippen molar-refractivity contribution in [2.24, 2.45) is 0 Å². The van der Waals surface area contributed by atoms with Crippen molar-refractivity contribution in [2.75, 3.05) is 0 Å². The third-order valence-electron chi connectivity index (χ3n) is 2.89. The van der Waals surface area contributed by atoms with Gasteiger partial charge in [0.2, 0.25) is 0 Å². The molecule has 6 heteroatoms. The number of hydrogen-bond acceptors (Lipinski definition) is 2. The molecule has 1 atom stereocenters. The molecule has 2 aromatic rings. The van der Waals surface area contributed by atoms with E-state index in [1.807, 2.05) is 0 Å². The lowest BCUT2D eigenvalue weighted by Crippen LogP contribution is -2.16. The minimum atomic E-state index is -1.73. The Kier molecular flexibility index (Phi) is 4.29. The van der Waals surface area contributed by atoms with E-state index in [4.69, 9.17) is 16.9 Å². The standard InChI is InChI=1S/C15H7ClF3NO/c16-9-3-1-4-10(17)13(9)8(7-20)15(21)14-11(18)5-2-6-12(14)19/h1-6,8H. The molecular weight excluding hydrogens is 303 g/mol. The second-order valence-corrected chi connectivity index (χ2v) is 4.57. The third-order valence-corrected chi connectivity index (χ3v) is 3.22. The van der Waals surface area contributed by atoms with Gasteiger partial charge in [-0.25, -0.2) is 13.2 Å². The molecule has 0 bridgehead atoms. The Hall–Kier alpha value is -2.32. The number of nitriles is 1. The summed E-state index contributed by atoms with van der Waals surface area (Å²) in [5.41, 5.74) is -1.28. The Morgan fingerprint density at radius 1 is 1.05 bits per heavy atom. The third kappa shape index (κ3) is 2.76. The molecule has 2 rings (SSSR count). The van der Waals surface area contributed by atoms with Crippen molar-refractivity contribution in [3.63, 3.8) is 0 Å². The highest BCUT2D eigenvalue weighted by atomic mass is 35.5. The normalized spacial score (nSPS) is 11.8. The predicted octanol–water partition coefficient (Wildman–Crippen LogP) is 4.25. The van der Waals surface area contributed by atoms with Gasteiger partial charge in [0.15, 0.2) is 5.78 Å². The quantitative estimate of drug-likeness (QED) is 0.795. The number of halogens is 4. The SMILES string of the molecule is N#CC(C(=O)c1c(F)cccc1F)c1c(F)cccc1Cl. The summed E-state index contributed by atoms with van der Waals surface area (Å²) < 4.78 is 41.0. The van der Waals surface area contributed by atoms with Crippen LogP contribution in [-0.2, 0) is 0 Å². The van der Waals surface area contributed by atoms with Crippen LogP contribution in [0.4, 0.5) is 13.2 Å². The fraction of sp³-hybridized carbons (Fsp3) is 0.0667. The van der Waals surface area contributed by atoms with Crippen LogP contribution in [-0.4, -0.2) is 5.78 Å². The second kappa shape index (κ2) is 5.98. The van der Waals surface area contributed by atoms with E-state index in [0.717, 1.165) is 24.3 Å². The molecule has 0 heterocycles. The molecule has 0 amide bonds. The molecule has 0 aliphatic carbocycles. The fourth-order valence-electron chi connectivity index (χ4n) is 1.92. The molecular formula is C15H7ClF3NO. The Bertz CT molecular complexity index is 715. The Morgan fingerprint density at radius 3 is 2.10 bits per heavy atom.